The number of halogens is 2. The van der Waals surface area contributed by atoms with Gasteiger partial charge in [-0.3, -0.25) is 4.79 Å². The van der Waals surface area contributed by atoms with Crippen LogP contribution in [0.15, 0.2) is 22.7 Å². The maximum absolute atomic E-state index is 12.6. The third kappa shape index (κ3) is 4.97. The molecule has 0 aliphatic carbocycles. The molecule has 0 unspecified atom stereocenters. The van der Waals surface area contributed by atoms with Crippen LogP contribution in [0.4, 0.5) is 0 Å². The molecule has 1 saturated heterocycles. The molecule has 0 radical (unpaired) electrons. The standard InChI is InChI=1S/C16H23BrN2O.ClH/c1-12-3-4-14(17)11-15(12)16(20)19-9-6-13(7-10-19)5-8-18-2;/h3-4,11,13,18H,5-10H2,1-2H3;1H. The summed E-state index contributed by atoms with van der Waals surface area (Å²) in [5.41, 5.74) is 1.88. The van der Waals surface area contributed by atoms with Crippen LogP contribution in [-0.4, -0.2) is 37.5 Å². The van der Waals surface area contributed by atoms with E-state index in [0.29, 0.717) is 0 Å². The number of nitrogens with one attached hydrogen (secondary N) is 1. The number of carbonyl (C=O) groups excluding carboxylic acids is 1. The first-order valence-corrected chi connectivity index (χ1v) is 8.11. The minimum Gasteiger partial charge on any atom is -0.339 e. The molecule has 1 aromatic carbocycles. The summed E-state index contributed by atoms with van der Waals surface area (Å²) in [5, 5.41) is 3.20. The number of aryl methyl sites for hydroxylation is 1. The van der Waals surface area contributed by atoms with Gasteiger partial charge in [0.15, 0.2) is 0 Å². The van der Waals surface area contributed by atoms with Crippen LogP contribution in [0, 0.1) is 12.8 Å². The van der Waals surface area contributed by atoms with Gasteiger partial charge in [0, 0.05) is 23.1 Å². The molecule has 1 N–H and O–H groups in total. The lowest BCUT2D eigenvalue weighted by Gasteiger charge is -2.32. The number of hydrogen-bond acceptors (Lipinski definition) is 2. The Kier molecular flexibility index (Phi) is 7.71. The molecule has 1 aliphatic rings. The van der Waals surface area contributed by atoms with Crippen molar-refractivity contribution < 1.29 is 4.79 Å². The summed E-state index contributed by atoms with van der Waals surface area (Å²) in [7, 11) is 1.99. The molecular formula is C16H24BrClN2O. The second-order valence-electron chi connectivity index (χ2n) is 5.59. The van der Waals surface area contributed by atoms with Gasteiger partial charge in [0.05, 0.1) is 0 Å². The highest BCUT2D eigenvalue weighted by atomic mass is 79.9. The normalized spacial score (nSPS) is 15.7. The van der Waals surface area contributed by atoms with E-state index in [9.17, 15) is 4.79 Å². The quantitative estimate of drug-likeness (QED) is 0.871. The zero-order valence-electron chi connectivity index (χ0n) is 12.7. The number of amides is 1. The van der Waals surface area contributed by atoms with E-state index in [2.05, 4.69) is 21.2 Å². The third-order valence-electron chi connectivity index (χ3n) is 4.13. The lowest BCUT2D eigenvalue weighted by atomic mass is 9.93. The largest absolute Gasteiger partial charge is 0.339 e. The van der Waals surface area contributed by atoms with Crippen LogP contribution in [0.25, 0.3) is 0 Å². The van der Waals surface area contributed by atoms with E-state index in [1.54, 1.807) is 0 Å². The maximum Gasteiger partial charge on any atom is 0.254 e. The van der Waals surface area contributed by atoms with Crippen LogP contribution < -0.4 is 5.32 Å². The summed E-state index contributed by atoms with van der Waals surface area (Å²) in [6.07, 6.45) is 3.47. The van der Waals surface area contributed by atoms with Crippen LogP contribution >= 0.6 is 28.3 Å². The Labute approximate surface area is 142 Å². The summed E-state index contributed by atoms with van der Waals surface area (Å²) in [5.74, 6) is 0.936. The van der Waals surface area contributed by atoms with E-state index >= 15 is 0 Å². The average molecular weight is 376 g/mol. The highest BCUT2D eigenvalue weighted by Crippen LogP contribution is 2.23. The second-order valence-corrected chi connectivity index (χ2v) is 6.50. The van der Waals surface area contributed by atoms with Crippen LogP contribution in [0.2, 0.25) is 0 Å². The Morgan fingerprint density at radius 2 is 2.05 bits per heavy atom. The number of likely N-dealkylation sites (tertiary alicyclic amines) is 1. The number of nitrogens with zero attached hydrogens (tertiary/aromatic N) is 1. The Bertz CT molecular complexity index is 473. The molecule has 0 atom stereocenters. The lowest BCUT2D eigenvalue weighted by Crippen LogP contribution is -2.39. The summed E-state index contributed by atoms with van der Waals surface area (Å²) in [6.45, 7) is 4.85. The Morgan fingerprint density at radius 1 is 1.38 bits per heavy atom. The van der Waals surface area contributed by atoms with Crippen molar-refractivity contribution in [1.29, 1.82) is 0 Å². The molecule has 1 heterocycles. The average Bonchev–Trinajstić information content (AvgIpc) is 2.47. The van der Waals surface area contributed by atoms with Crippen molar-refractivity contribution in [3.05, 3.63) is 33.8 Å². The van der Waals surface area contributed by atoms with E-state index in [0.717, 1.165) is 54.0 Å². The van der Waals surface area contributed by atoms with Gasteiger partial charge in [0.2, 0.25) is 0 Å². The number of rotatable bonds is 4. The van der Waals surface area contributed by atoms with E-state index in [1.165, 1.54) is 6.42 Å². The van der Waals surface area contributed by atoms with Crippen LogP contribution in [0.1, 0.15) is 35.2 Å². The van der Waals surface area contributed by atoms with Gasteiger partial charge in [-0.25, -0.2) is 0 Å². The van der Waals surface area contributed by atoms with Crippen molar-refractivity contribution in [2.45, 2.75) is 26.2 Å². The summed E-state index contributed by atoms with van der Waals surface area (Å²) < 4.78 is 0.968. The van der Waals surface area contributed by atoms with Crippen molar-refractivity contribution in [1.82, 2.24) is 10.2 Å². The van der Waals surface area contributed by atoms with Crippen molar-refractivity contribution in [3.8, 4) is 0 Å². The molecule has 21 heavy (non-hydrogen) atoms. The van der Waals surface area contributed by atoms with Gasteiger partial charge in [0.25, 0.3) is 5.91 Å². The fourth-order valence-electron chi connectivity index (χ4n) is 2.77. The van der Waals surface area contributed by atoms with Gasteiger partial charge < -0.3 is 10.2 Å². The van der Waals surface area contributed by atoms with Crippen molar-refractivity contribution >= 4 is 34.2 Å². The van der Waals surface area contributed by atoms with Gasteiger partial charge >= 0.3 is 0 Å². The Balaban J connectivity index is 0.00000220. The zero-order chi connectivity index (χ0) is 14.5. The molecule has 0 bridgehead atoms. The minimum atomic E-state index is 0. The monoisotopic (exact) mass is 374 g/mol. The third-order valence-corrected chi connectivity index (χ3v) is 4.63. The molecule has 118 valence electrons. The molecule has 1 amide bonds. The molecular weight excluding hydrogens is 352 g/mol. The predicted octanol–water partition coefficient (Wildman–Crippen LogP) is 3.64. The van der Waals surface area contributed by atoms with Crippen LogP contribution in [-0.2, 0) is 0 Å². The number of benzene rings is 1. The smallest absolute Gasteiger partial charge is 0.254 e. The topological polar surface area (TPSA) is 32.3 Å². The minimum absolute atomic E-state index is 0. The summed E-state index contributed by atoms with van der Waals surface area (Å²) >= 11 is 3.45. The molecule has 5 heteroatoms. The van der Waals surface area contributed by atoms with Gasteiger partial charge in [-0.15, -0.1) is 12.4 Å². The first-order valence-electron chi connectivity index (χ1n) is 7.32. The van der Waals surface area contributed by atoms with Crippen molar-refractivity contribution in [2.75, 3.05) is 26.7 Å². The first kappa shape index (κ1) is 18.5. The lowest BCUT2D eigenvalue weighted by molar-refractivity contribution is 0.0686. The maximum atomic E-state index is 12.6. The molecule has 2 rings (SSSR count). The number of carbonyl (C=O) groups is 1. The highest BCUT2D eigenvalue weighted by molar-refractivity contribution is 9.10. The van der Waals surface area contributed by atoms with Gasteiger partial charge in [-0.1, -0.05) is 22.0 Å². The molecule has 1 aliphatic heterocycles. The fourth-order valence-corrected chi connectivity index (χ4v) is 3.13. The predicted molar refractivity (Wildman–Crippen MR) is 93.3 cm³/mol. The Morgan fingerprint density at radius 3 is 2.67 bits per heavy atom. The molecule has 0 saturated carbocycles. The molecule has 1 fully saturated rings. The van der Waals surface area contributed by atoms with E-state index in [-0.39, 0.29) is 18.3 Å². The SMILES string of the molecule is CNCCC1CCN(C(=O)c2cc(Br)ccc2C)CC1.Cl. The Hall–Kier alpha value is -0.580. The number of piperidine rings is 1. The highest BCUT2D eigenvalue weighted by Gasteiger charge is 2.24. The molecule has 0 spiro atoms. The molecule has 0 aromatic heterocycles. The van der Waals surface area contributed by atoms with Gasteiger partial charge in [-0.05, 0) is 63.4 Å². The van der Waals surface area contributed by atoms with E-state index in [4.69, 9.17) is 0 Å². The van der Waals surface area contributed by atoms with Gasteiger partial charge in [0.1, 0.15) is 0 Å². The van der Waals surface area contributed by atoms with E-state index in [1.807, 2.05) is 37.1 Å². The van der Waals surface area contributed by atoms with Crippen molar-refractivity contribution in [2.24, 2.45) is 5.92 Å². The van der Waals surface area contributed by atoms with Crippen molar-refractivity contribution in [3.63, 3.8) is 0 Å². The number of hydrogen-bond donors (Lipinski definition) is 1. The van der Waals surface area contributed by atoms with E-state index < -0.39 is 0 Å². The first-order chi connectivity index (χ1) is 9.61. The fraction of sp³-hybridized carbons (Fsp3) is 0.562. The molecule has 3 nitrogen and oxygen atoms in total. The molecule has 1 aromatic rings. The second kappa shape index (κ2) is 8.76. The van der Waals surface area contributed by atoms with Crippen LogP contribution in [0.3, 0.4) is 0 Å². The summed E-state index contributed by atoms with van der Waals surface area (Å²) in [6, 6.07) is 5.91. The van der Waals surface area contributed by atoms with Crippen LogP contribution in [0.5, 0.6) is 0 Å². The zero-order valence-corrected chi connectivity index (χ0v) is 15.1. The summed E-state index contributed by atoms with van der Waals surface area (Å²) in [4.78, 5) is 14.6. The van der Waals surface area contributed by atoms with Gasteiger partial charge in [-0.2, -0.15) is 0 Å².